The fourth-order valence-corrected chi connectivity index (χ4v) is 1.10. The maximum absolute atomic E-state index is 5.43. The van der Waals surface area contributed by atoms with Crippen molar-refractivity contribution in [2.45, 2.75) is 0 Å². The molecule has 0 atom stereocenters. The van der Waals surface area contributed by atoms with Crippen LogP contribution >= 0.6 is 0 Å². The van der Waals surface area contributed by atoms with Crippen molar-refractivity contribution in [3.63, 3.8) is 0 Å². The zero-order valence-corrected chi connectivity index (χ0v) is 6.60. The van der Waals surface area contributed by atoms with E-state index in [1.54, 1.807) is 12.4 Å². The van der Waals surface area contributed by atoms with Crippen molar-refractivity contribution >= 4 is 12.3 Å². The topological polar surface area (TPSA) is 21.6 Å². The van der Waals surface area contributed by atoms with E-state index in [0.717, 1.165) is 11.3 Å². The van der Waals surface area contributed by atoms with Gasteiger partial charge in [0.2, 0.25) is 0 Å². The number of benzene rings is 1. The predicted octanol–water partition coefficient (Wildman–Crippen LogP) is 2.12. The van der Waals surface area contributed by atoms with Crippen molar-refractivity contribution < 1.29 is 4.74 Å². The van der Waals surface area contributed by atoms with E-state index in [2.05, 4.69) is 4.99 Å². The maximum Gasteiger partial charge on any atom is 0.127 e. The Morgan fingerprint density at radius 3 is 3.17 bits per heavy atom. The van der Waals surface area contributed by atoms with Crippen LogP contribution in [0.3, 0.4) is 0 Å². The van der Waals surface area contributed by atoms with Crippen LogP contribution in [0.1, 0.15) is 5.56 Å². The zero-order chi connectivity index (χ0) is 8.23. The summed E-state index contributed by atoms with van der Waals surface area (Å²) in [6.45, 7) is 0.543. The second-order valence-electron chi connectivity index (χ2n) is 2.50. The smallest absolute Gasteiger partial charge is 0.127 e. The molecule has 12 heavy (non-hydrogen) atoms. The summed E-state index contributed by atoms with van der Waals surface area (Å²) < 4.78 is 5.43. The molecule has 0 N–H and O–H groups in total. The third-order valence-corrected chi connectivity index (χ3v) is 1.68. The molecule has 0 radical (unpaired) electrons. The highest BCUT2D eigenvalue weighted by atomic mass is 16.5. The number of para-hydroxylation sites is 1. The largest absolute Gasteiger partial charge is 0.487 e. The van der Waals surface area contributed by atoms with Gasteiger partial charge >= 0.3 is 0 Å². The first-order valence-electron chi connectivity index (χ1n) is 3.87. The van der Waals surface area contributed by atoms with E-state index in [1.165, 1.54) is 0 Å². The molecular formula is C10H9NO. The first-order chi connectivity index (χ1) is 5.97. The minimum absolute atomic E-state index is 0.543. The van der Waals surface area contributed by atoms with Crippen molar-refractivity contribution in [3.8, 4) is 5.75 Å². The SMILES string of the molecule is C1=N/C=C\c2ccccc2OC1. The van der Waals surface area contributed by atoms with E-state index in [0.29, 0.717) is 6.61 Å². The Labute approximate surface area is 71.2 Å². The van der Waals surface area contributed by atoms with Gasteiger partial charge in [-0.1, -0.05) is 18.2 Å². The van der Waals surface area contributed by atoms with E-state index in [-0.39, 0.29) is 0 Å². The van der Waals surface area contributed by atoms with Gasteiger partial charge < -0.3 is 4.74 Å². The lowest BCUT2D eigenvalue weighted by Crippen LogP contribution is -2.00. The normalized spacial score (nSPS) is 17.0. The molecule has 2 rings (SSSR count). The molecule has 1 aromatic carbocycles. The van der Waals surface area contributed by atoms with Crippen LogP contribution in [0, 0.1) is 0 Å². The highest BCUT2D eigenvalue weighted by Gasteiger charge is 1.98. The van der Waals surface area contributed by atoms with E-state index in [4.69, 9.17) is 4.74 Å². The molecule has 0 saturated carbocycles. The zero-order valence-electron chi connectivity index (χ0n) is 6.60. The van der Waals surface area contributed by atoms with Crippen LogP contribution in [-0.4, -0.2) is 12.8 Å². The average molecular weight is 159 g/mol. The van der Waals surface area contributed by atoms with E-state index in [1.807, 2.05) is 30.3 Å². The van der Waals surface area contributed by atoms with Gasteiger partial charge in [-0.2, -0.15) is 0 Å². The number of hydrogen-bond acceptors (Lipinski definition) is 2. The minimum atomic E-state index is 0.543. The minimum Gasteiger partial charge on any atom is -0.487 e. The summed E-state index contributed by atoms with van der Waals surface area (Å²) in [6.07, 6.45) is 5.46. The molecule has 60 valence electrons. The van der Waals surface area contributed by atoms with Crippen molar-refractivity contribution in [1.29, 1.82) is 0 Å². The molecule has 2 nitrogen and oxygen atoms in total. The molecule has 1 aromatic rings. The van der Waals surface area contributed by atoms with Crippen molar-refractivity contribution in [2.75, 3.05) is 6.61 Å². The van der Waals surface area contributed by atoms with Gasteiger partial charge in [0.25, 0.3) is 0 Å². The van der Waals surface area contributed by atoms with Crippen LogP contribution in [0.25, 0.3) is 6.08 Å². The maximum atomic E-state index is 5.43. The van der Waals surface area contributed by atoms with E-state index >= 15 is 0 Å². The molecule has 0 spiro atoms. The second kappa shape index (κ2) is 3.22. The van der Waals surface area contributed by atoms with Crippen LogP contribution < -0.4 is 4.74 Å². The molecule has 0 bridgehead atoms. The third kappa shape index (κ3) is 1.37. The first kappa shape index (κ1) is 7.10. The molecule has 2 heteroatoms. The number of hydrogen-bond donors (Lipinski definition) is 0. The molecule has 1 heterocycles. The Bertz CT molecular complexity index is 328. The van der Waals surface area contributed by atoms with Gasteiger partial charge in [0, 0.05) is 18.0 Å². The highest BCUT2D eigenvalue weighted by Crippen LogP contribution is 2.19. The van der Waals surface area contributed by atoms with Gasteiger partial charge in [-0.25, -0.2) is 0 Å². The molecule has 0 aliphatic carbocycles. The van der Waals surface area contributed by atoms with Crippen LogP contribution in [0.15, 0.2) is 35.5 Å². The van der Waals surface area contributed by atoms with Crippen molar-refractivity contribution in [2.24, 2.45) is 4.99 Å². The van der Waals surface area contributed by atoms with Gasteiger partial charge in [0.1, 0.15) is 12.4 Å². The summed E-state index contributed by atoms with van der Waals surface area (Å²) in [5, 5.41) is 0. The number of nitrogens with zero attached hydrogens (tertiary/aromatic N) is 1. The summed E-state index contributed by atoms with van der Waals surface area (Å²) in [4.78, 5) is 4.00. The lowest BCUT2D eigenvalue weighted by Gasteiger charge is -2.07. The van der Waals surface area contributed by atoms with E-state index < -0.39 is 0 Å². The summed E-state index contributed by atoms with van der Waals surface area (Å²) in [5.74, 6) is 0.917. The number of rotatable bonds is 0. The fourth-order valence-electron chi connectivity index (χ4n) is 1.10. The monoisotopic (exact) mass is 159 g/mol. The van der Waals surface area contributed by atoms with E-state index in [9.17, 15) is 0 Å². The molecule has 0 unspecified atom stereocenters. The Hall–Kier alpha value is -1.57. The fraction of sp³-hybridized carbons (Fsp3) is 0.100. The summed E-state index contributed by atoms with van der Waals surface area (Å²) in [5.41, 5.74) is 1.08. The average Bonchev–Trinajstić information content (AvgIpc) is 2.06. The number of ether oxygens (including phenoxy) is 1. The van der Waals surface area contributed by atoms with Crippen LogP contribution in [0.4, 0.5) is 0 Å². The molecule has 0 aromatic heterocycles. The Morgan fingerprint density at radius 1 is 1.25 bits per heavy atom. The lowest BCUT2D eigenvalue weighted by atomic mass is 10.2. The van der Waals surface area contributed by atoms with Gasteiger partial charge in [-0.05, 0) is 12.1 Å². The van der Waals surface area contributed by atoms with Crippen molar-refractivity contribution in [3.05, 3.63) is 36.0 Å². The highest BCUT2D eigenvalue weighted by molar-refractivity contribution is 5.65. The number of fused-ring (bicyclic) bond motifs is 1. The third-order valence-electron chi connectivity index (χ3n) is 1.68. The summed E-state index contributed by atoms with van der Waals surface area (Å²) in [6, 6.07) is 7.91. The molecule has 1 aliphatic heterocycles. The van der Waals surface area contributed by atoms with Crippen LogP contribution in [0.2, 0.25) is 0 Å². The van der Waals surface area contributed by atoms with Gasteiger partial charge in [0.05, 0.1) is 0 Å². The molecule has 0 fully saturated rings. The van der Waals surface area contributed by atoms with Crippen LogP contribution in [-0.2, 0) is 0 Å². The number of aliphatic imine (C=N–C) groups is 1. The standard InChI is InChI=1S/C10H9NO/c1-2-4-10-9(3-1)5-6-11-7-8-12-10/h1-7H,8H2/b6-5-,11-7?. The second-order valence-corrected chi connectivity index (χ2v) is 2.50. The predicted molar refractivity (Wildman–Crippen MR) is 49.5 cm³/mol. The first-order valence-corrected chi connectivity index (χ1v) is 3.87. The molecular weight excluding hydrogens is 150 g/mol. The molecule has 0 saturated heterocycles. The van der Waals surface area contributed by atoms with Gasteiger partial charge in [-0.3, -0.25) is 4.99 Å². The van der Waals surface area contributed by atoms with Gasteiger partial charge in [-0.15, -0.1) is 0 Å². The quantitative estimate of drug-likeness (QED) is 0.568. The Morgan fingerprint density at radius 2 is 2.17 bits per heavy atom. The summed E-state index contributed by atoms with van der Waals surface area (Å²) >= 11 is 0. The Balaban J connectivity index is 2.43. The van der Waals surface area contributed by atoms with Crippen LogP contribution in [0.5, 0.6) is 5.75 Å². The Kier molecular flexibility index (Phi) is 1.90. The molecule has 0 amide bonds. The lowest BCUT2D eigenvalue weighted by molar-refractivity contribution is 0.379. The van der Waals surface area contributed by atoms with Gasteiger partial charge in [0.15, 0.2) is 0 Å². The summed E-state index contributed by atoms with van der Waals surface area (Å²) in [7, 11) is 0. The molecule has 1 aliphatic rings. The van der Waals surface area contributed by atoms with Crippen molar-refractivity contribution in [1.82, 2.24) is 0 Å².